The molecule has 0 fully saturated rings. The van der Waals surface area contributed by atoms with E-state index >= 15 is 0 Å². The van der Waals surface area contributed by atoms with Gasteiger partial charge in [0.1, 0.15) is 0 Å². The van der Waals surface area contributed by atoms with Gasteiger partial charge < -0.3 is 26.6 Å². The summed E-state index contributed by atoms with van der Waals surface area (Å²) in [5.41, 5.74) is 0.0928. The predicted octanol–water partition coefficient (Wildman–Crippen LogP) is 3.86. The summed E-state index contributed by atoms with van der Waals surface area (Å²) >= 11 is 0. The lowest BCUT2D eigenvalue weighted by atomic mass is 10.1. The van der Waals surface area contributed by atoms with Gasteiger partial charge in [0.25, 0.3) is 0 Å². The monoisotopic (exact) mass is 382 g/mol. The molecule has 6 nitrogen and oxygen atoms in total. The summed E-state index contributed by atoms with van der Waals surface area (Å²) in [5, 5.41) is 0. The smallest absolute Gasteiger partial charge is 0.377 e. The Morgan fingerprint density at radius 3 is 1.50 bits per heavy atom. The zero-order valence-corrected chi connectivity index (χ0v) is 18.7. The fourth-order valence-corrected chi connectivity index (χ4v) is 8.74. The van der Waals surface area contributed by atoms with Crippen LogP contribution >= 0.6 is 0 Å². The van der Waals surface area contributed by atoms with Gasteiger partial charge in [0, 0.05) is 54.2 Å². The Kier molecular flexibility index (Phi) is 13.5. The molecule has 0 aliphatic rings. The molecule has 0 bridgehead atoms. The quantitative estimate of drug-likeness (QED) is 0.298. The second-order valence-electron chi connectivity index (χ2n) is 5.97. The molecule has 0 aromatic heterocycles. The lowest BCUT2D eigenvalue weighted by Crippen LogP contribution is -2.53. The minimum absolute atomic E-state index is 0.0928. The Morgan fingerprint density at radius 2 is 1.08 bits per heavy atom. The molecule has 8 heteroatoms. The van der Waals surface area contributed by atoms with Gasteiger partial charge in [0.2, 0.25) is 0 Å². The van der Waals surface area contributed by atoms with Gasteiger partial charge >= 0.3 is 17.6 Å². The minimum atomic E-state index is -2.79. The molecule has 0 saturated carbocycles. The lowest BCUT2D eigenvalue weighted by molar-refractivity contribution is 0.0957. The first-order valence-electron chi connectivity index (χ1n) is 8.84. The van der Waals surface area contributed by atoms with Crippen LogP contribution in [0.2, 0.25) is 11.6 Å². The average Bonchev–Trinajstić information content (AvgIpc) is 2.63. The van der Waals surface area contributed by atoms with E-state index in [1.165, 1.54) is 32.1 Å². The molecule has 146 valence electrons. The Balaban J connectivity index is 4.95. The van der Waals surface area contributed by atoms with Crippen molar-refractivity contribution in [3.05, 3.63) is 0 Å². The van der Waals surface area contributed by atoms with Gasteiger partial charge in [-0.1, -0.05) is 45.4 Å². The van der Waals surface area contributed by atoms with Crippen molar-refractivity contribution in [1.82, 2.24) is 0 Å². The first kappa shape index (κ1) is 24.2. The van der Waals surface area contributed by atoms with Crippen molar-refractivity contribution in [2.75, 3.05) is 42.7 Å². The fraction of sp³-hybridized carbons (Fsp3) is 1.00. The molecule has 24 heavy (non-hydrogen) atoms. The zero-order valence-electron chi connectivity index (χ0n) is 16.7. The molecule has 0 radical (unpaired) electrons. The molecule has 0 aromatic carbocycles. The molecule has 0 aliphatic carbocycles. The van der Waals surface area contributed by atoms with Gasteiger partial charge in [-0.05, 0) is 6.42 Å². The summed E-state index contributed by atoms with van der Waals surface area (Å²) in [6.07, 6.45) is 8.42. The molecule has 0 amide bonds. The van der Waals surface area contributed by atoms with Crippen LogP contribution in [0.1, 0.15) is 51.9 Å². The maximum atomic E-state index is 5.72. The molecule has 0 unspecified atom stereocenters. The molecular formula is C16H38O6Si2. The standard InChI is InChI=1S/C16H38O6Si2/c1-8-9-10-11-12-13-14-16(24(20-5,21-6)22-7)15-23(17-2,18-3)19-4/h16H,8-15H2,1-7H3/t16-/m0/s1. The van der Waals surface area contributed by atoms with E-state index in [0.29, 0.717) is 6.04 Å². The van der Waals surface area contributed by atoms with Gasteiger partial charge in [-0.3, -0.25) is 0 Å². The van der Waals surface area contributed by atoms with Crippen molar-refractivity contribution in [3.63, 3.8) is 0 Å². The van der Waals surface area contributed by atoms with E-state index in [1.807, 2.05) is 0 Å². The maximum Gasteiger partial charge on any atom is 0.503 e. The van der Waals surface area contributed by atoms with Crippen LogP contribution in [0.5, 0.6) is 0 Å². The van der Waals surface area contributed by atoms with Crippen molar-refractivity contribution in [2.45, 2.75) is 63.5 Å². The van der Waals surface area contributed by atoms with Crippen LogP contribution < -0.4 is 0 Å². The molecule has 0 heterocycles. The maximum absolute atomic E-state index is 5.72. The van der Waals surface area contributed by atoms with Gasteiger partial charge in [-0.15, -0.1) is 0 Å². The van der Waals surface area contributed by atoms with E-state index < -0.39 is 17.6 Å². The Labute approximate surface area is 150 Å². The van der Waals surface area contributed by atoms with Crippen LogP contribution in [0.15, 0.2) is 0 Å². The molecule has 0 rings (SSSR count). The summed E-state index contributed by atoms with van der Waals surface area (Å²) in [7, 11) is 4.36. The third-order valence-corrected chi connectivity index (χ3v) is 11.2. The SMILES string of the molecule is CCCCCCCC[C@@H](C[Si](OC)(OC)OC)[Si](OC)(OC)OC. The highest BCUT2D eigenvalue weighted by Gasteiger charge is 2.53. The van der Waals surface area contributed by atoms with Crippen LogP contribution in [0.3, 0.4) is 0 Å². The second-order valence-corrected chi connectivity index (χ2v) is 12.2. The summed E-state index contributed by atoms with van der Waals surface area (Å²) in [4.78, 5) is 0. The van der Waals surface area contributed by atoms with Gasteiger partial charge in [-0.25, -0.2) is 0 Å². The summed E-state index contributed by atoms with van der Waals surface area (Å²) < 4.78 is 34.0. The minimum Gasteiger partial charge on any atom is -0.377 e. The van der Waals surface area contributed by atoms with E-state index in [4.69, 9.17) is 26.6 Å². The fourth-order valence-electron chi connectivity index (χ4n) is 3.13. The van der Waals surface area contributed by atoms with Gasteiger partial charge in [-0.2, -0.15) is 0 Å². The van der Waals surface area contributed by atoms with Crippen molar-refractivity contribution in [1.29, 1.82) is 0 Å². The number of hydrogen-bond donors (Lipinski definition) is 0. The van der Waals surface area contributed by atoms with E-state index in [1.54, 1.807) is 42.7 Å². The van der Waals surface area contributed by atoms with Crippen LogP contribution in [0.4, 0.5) is 0 Å². The summed E-state index contributed by atoms with van der Waals surface area (Å²) in [6, 6.07) is 0.632. The zero-order chi connectivity index (χ0) is 18.5. The molecule has 0 aliphatic heterocycles. The van der Waals surface area contributed by atoms with Crippen molar-refractivity contribution < 1.29 is 26.6 Å². The second kappa shape index (κ2) is 13.4. The highest BCUT2D eigenvalue weighted by atomic mass is 28.4. The molecule has 0 spiro atoms. The van der Waals surface area contributed by atoms with E-state index in [-0.39, 0.29) is 5.54 Å². The van der Waals surface area contributed by atoms with E-state index in [0.717, 1.165) is 12.8 Å². The lowest BCUT2D eigenvalue weighted by Gasteiger charge is -2.36. The number of rotatable bonds is 16. The average molecular weight is 383 g/mol. The Morgan fingerprint density at radius 1 is 0.625 bits per heavy atom. The van der Waals surface area contributed by atoms with E-state index in [9.17, 15) is 0 Å². The van der Waals surface area contributed by atoms with Crippen LogP contribution in [-0.4, -0.2) is 60.3 Å². The molecule has 0 N–H and O–H groups in total. The van der Waals surface area contributed by atoms with Crippen LogP contribution in [0.25, 0.3) is 0 Å². The first-order valence-corrected chi connectivity index (χ1v) is 12.6. The normalized spacial score (nSPS) is 14.1. The van der Waals surface area contributed by atoms with E-state index in [2.05, 4.69) is 6.92 Å². The van der Waals surface area contributed by atoms with Crippen LogP contribution in [-0.2, 0) is 26.6 Å². The highest BCUT2D eigenvalue weighted by molar-refractivity contribution is 6.67. The molecule has 0 saturated heterocycles. The Bertz CT molecular complexity index is 282. The van der Waals surface area contributed by atoms with Crippen molar-refractivity contribution in [3.8, 4) is 0 Å². The highest BCUT2D eigenvalue weighted by Crippen LogP contribution is 2.37. The third-order valence-electron chi connectivity index (χ3n) is 4.69. The summed E-state index contributed by atoms with van der Waals surface area (Å²) in [5.74, 6) is 0. The number of unbranched alkanes of at least 4 members (excludes halogenated alkanes) is 5. The molecule has 1 atom stereocenters. The van der Waals surface area contributed by atoms with Gasteiger partial charge in [0.15, 0.2) is 0 Å². The third kappa shape index (κ3) is 7.21. The number of hydrogen-bond acceptors (Lipinski definition) is 6. The summed E-state index contributed by atoms with van der Waals surface area (Å²) in [6.45, 7) is 2.23. The predicted molar refractivity (Wildman–Crippen MR) is 100 cm³/mol. The van der Waals surface area contributed by atoms with Crippen molar-refractivity contribution >= 4 is 17.6 Å². The topological polar surface area (TPSA) is 55.4 Å². The van der Waals surface area contributed by atoms with Crippen molar-refractivity contribution in [2.24, 2.45) is 0 Å². The molecule has 0 aromatic rings. The van der Waals surface area contributed by atoms with Crippen LogP contribution in [0, 0.1) is 0 Å². The Hall–Kier alpha value is 0.194. The largest absolute Gasteiger partial charge is 0.503 e. The first-order chi connectivity index (χ1) is 11.5. The molecular weight excluding hydrogens is 344 g/mol. The van der Waals surface area contributed by atoms with Gasteiger partial charge in [0.05, 0.1) is 0 Å².